The molecule has 1 amide bonds. The first-order chi connectivity index (χ1) is 8.20. The highest BCUT2D eigenvalue weighted by atomic mass is 32.2. The minimum absolute atomic E-state index is 0.0415. The Morgan fingerprint density at radius 1 is 1.71 bits per heavy atom. The van der Waals surface area contributed by atoms with E-state index in [2.05, 4.69) is 20.8 Å². The number of nitrogens with one attached hydrogen (secondary N) is 1. The van der Waals surface area contributed by atoms with Crippen LogP contribution < -0.4 is 11.1 Å². The van der Waals surface area contributed by atoms with Crippen LogP contribution in [0.25, 0.3) is 0 Å². The minimum Gasteiger partial charge on any atom is -0.352 e. The molecule has 0 radical (unpaired) electrons. The van der Waals surface area contributed by atoms with Crippen LogP contribution in [-0.4, -0.2) is 44.0 Å². The van der Waals surface area contributed by atoms with Gasteiger partial charge in [0, 0.05) is 12.6 Å². The van der Waals surface area contributed by atoms with Crippen LogP contribution in [-0.2, 0) is 11.3 Å². The summed E-state index contributed by atoms with van der Waals surface area (Å²) < 4.78 is 1.62. The Hall–Kier alpha value is -1.15. The van der Waals surface area contributed by atoms with Crippen molar-refractivity contribution in [1.29, 1.82) is 0 Å². The smallest absolute Gasteiger partial charge is 0.233 e. The monoisotopic (exact) mass is 256 g/mol. The van der Waals surface area contributed by atoms with E-state index in [0.29, 0.717) is 24.3 Å². The standard InChI is InChI=1S/C9H16N6OS/c1-6(8(16)11-7-2-3-7)17-9-12-13-14-15(9)5-4-10/h6-7H,2-5,10H2,1H3,(H,11,16). The van der Waals surface area contributed by atoms with E-state index >= 15 is 0 Å². The molecule has 0 aromatic carbocycles. The largest absolute Gasteiger partial charge is 0.352 e. The second kappa shape index (κ2) is 5.46. The molecule has 0 bridgehead atoms. The van der Waals surface area contributed by atoms with Crippen molar-refractivity contribution in [2.24, 2.45) is 5.73 Å². The van der Waals surface area contributed by atoms with Gasteiger partial charge in [0.05, 0.1) is 11.8 Å². The van der Waals surface area contributed by atoms with Crippen molar-refractivity contribution in [3.05, 3.63) is 0 Å². The molecule has 1 heterocycles. The number of tetrazole rings is 1. The van der Waals surface area contributed by atoms with E-state index in [0.717, 1.165) is 12.8 Å². The molecule has 8 heteroatoms. The molecular formula is C9H16N6OS. The molecule has 17 heavy (non-hydrogen) atoms. The molecule has 1 aliphatic rings. The maximum atomic E-state index is 11.8. The van der Waals surface area contributed by atoms with Gasteiger partial charge in [0.1, 0.15) is 0 Å². The number of hydrogen-bond donors (Lipinski definition) is 2. The number of nitrogens with zero attached hydrogens (tertiary/aromatic N) is 4. The van der Waals surface area contributed by atoms with Crippen LogP contribution in [0.15, 0.2) is 5.16 Å². The van der Waals surface area contributed by atoms with E-state index in [1.54, 1.807) is 4.68 Å². The summed E-state index contributed by atoms with van der Waals surface area (Å²) >= 11 is 1.35. The van der Waals surface area contributed by atoms with Crippen LogP contribution >= 0.6 is 11.8 Å². The Kier molecular flexibility index (Phi) is 3.95. The molecule has 1 unspecified atom stereocenters. The molecule has 0 spiro atoms. The Balaban J connectivity index is 1.89. The SMILES string of the molecule is CC(Sc1nnnn1CCN)C(=O)NC1CC1. The molecule has 1 aromatic rings. The summed E-state index contributed by atoms with van der Waals surface area (Å²) in [6, 6.07) is 0.380. The molecule has 3 N–H and O–H groups in total. The number of rotatable bonds is 6. The van der Waals surface area contributed by atoms with Crippen LogP contribution in [0.5, 0.6) is 0 Å². The Morgan fingerprint density at radius 3 is 3.12 bits per heavy atom. The van der Waals surface area contributed by atoms with E-state index in [1.807, 2.05) is 6.92 Å². The second-order valence-corrected chi connectivity index (χ2v) is 5.32. The van der Waals surface area contributed by atoms with Crippen molar-refractivity contribution in [1.82, 2.24) is 25.5 Å². The molecule has 1 saturated carbocycles. The molecule has 2 rings (SSSR count). The zero-order valence-electron chi connectivity index (χ0n) is 9.67. The summed E-state index contributed by atoms with van der Waals surface area (Å²) in [5.41, 5.74) is 5.45. The number of hydrogen-bond acceptors (Lipinski definition) is 6. The summed E-state index contributed by atoms with van der Waals surface area (Å²) in [7, 11) is 0. The average Bonchev–Trinajstić information content (AvgIpc) is 3.01. The number of carbonyl (C=O) groups is 1. The van der Waals surface area contributed by atoms with Crippen molar-refractivity contribution in [3.8, 4) is 0 Å². The maximum absolute atomic E-state index is 11.8. The van der Waals surface area contributed by atoms with Gasteiger partial charge in [-0.2, -0.15) is 0 Å². The summed E-state index contributed by atoms with van der Waals surface area (Å²) in [4.78, 5) is 11.8. The molecule has 1 aliphatic carbocycles. The van der Waals surface area contributed by atoms with Gasteiger partial charge in [-0.3, -0.25) is 4.79 Å². The summed E-state index contributed by atoms with van der Waals surface area (Å²) in [6.07, 6.45) is 2.18. The normalized spacial score (nSPS) is 16.8. The molecule has 1 atom stereocenters. The van der Waals surface area contributed by atoms with E-state index in [1.165, 1.54) is 11.8 Å². The zero-order chi connectivity index (χ0) is 12.3. The third-order valence-electron chi connectivity index (χ3n) is 2.42. The van der Waals surface area contributed by atoms with Gasteiger partial charge in [-0.1, -0.05) is 11.8 Å². The Labute approximate surface area is 104 Å². The molecule has 1 fully saturated rings. The van der Waals surface area contributed by atoms with Crippen LogP contribution in [0, 0.1) is 0 Å². The summed E-state index contributed by atoms with van der Waals surface area (Å²) in [6.45, 7) is 2.89. The Bertz CT molecular complexity index is 391. The van der Waals surface area contributed by atoms with Crippen LogP contribution in [0.1, 0.15) is 19.8 Å². The fourth-order valence-corrected chi connectivity index (χ4v) is 2.13. The van der Waals surface area contributed by atoms with Crippen molar-refractivity contribution < 1.29 is 4.79 Å². The molecular weight excluding hydrogens is 240 g/mol. The molecule has 1 aromatic heterocycles. The second-order valence-electron chi connectivity index (χ2n) is 4.02. The average molecular weight is 256 g/mol. The fraction of sp³-hybridized carbons (Fsp3) is 0.778. The lowest BCUT2D eigenvalue weighted by molar-refractivity contribution is -0.120. The third-order valence-corrected chi connectivity index (χ3v) is 3.49. The predicted octanol–water partition coefficient (Wildman–Crippen LogP) is -0.609. The maximum Gasteiger partial charge on any atom is 0.233 e. The van der Waals surface area contributed by atoms with Gasteiger partial charge in [0.15, 0.2) is 0 Å². The number of carbonyl (C=O) groups excluding carboxylic acids is 1. The van der Waals surface area contributed by atoms with E-state index in [-0.39, 0.29) is 11.2 Å². The third kappa shape index (κ3) is 3.40. The van der Waals surface area contributed by atoms with Crippen LogP contribution in [0.3, 0.4) is 0 Å². The quantitative estimate of drug-likeness (QED) is 0.659. The molecule has 0 aliphatic heterocycles. The number of thioether (sulfide) groups is 1. The lowest BCUT2D eigenvalue weighted by Crippen LogP contribution is -2.32. The number of nitrogens with two attached hydrogens (primary N) is 1. The van der Waals surface area contributed by atoms with Crippen molar-refractivity contribution in [2.75, 3.05) is 6.54 Å². The number of aromatic nitrogens is 4. The van der Waals surface area contributed by atoms with Gasteiger partial charge in [-0.05, 0) is 30.2 Å². The summed E-state index contributed by atoms with van der Waals surface area (Å²) in [5, 5.41) is 14.7. The lowest BCUT2D eigenvalue weighted by Gasteiger charge is -2.10. The zero-order valence-corrected chi connectivity index (χ0v) is 10.5. The summed E-state index contributed by atoms with van der Waals surface area (Å²) in [5.74, 6) is 0.0415. The van der Waals surface area contributed by atoms with Crippen molar-refractivity contribution in [3.63, 3.8) is 0 Å². The highest BCUT2D eigenvalue weighted by Gasteiger charge is 2.26. The van der Waals surface area contributed by atoms with Crippen LogP contribution in [0.4, 0.5) is 0 Å². The van der Waals surface area contributed by atoms with E-state index in [4.69, 9.17) is 5.73 Å². The lowest BCUT2D eigenvalue weighted by atomic mass is 10.4. The first-order valence-corrected chi connectivity index (χ1v) is 6.52. The van der Waals surface area contributed by atoms with Gasteiger partial charge in [0.25, 0.3) is 0 Å². The van der Waals surface area contributed by atoms with Gasteiger partial charge in [-0.15, -0.1) is 5.10 Å². The molecule has 0 saturated heterocycles. The molecule has 94 valence electrons. The molecule has 7 nitrogen and oxygen atoms in total. The van der Waals surface area contributed by atoms with Gasteiger partial charge >= 0.3 is 0 Å². The highest BCUT2D eigenvalue weighted by molar-refractivity contribution is 8.00. The van der Waals surface area contributed by atoms with Gasteiger partial charge < -0.3 is 11.1 Å². The van der Waals surface area contributed by atoms with E-state index in [9.17, 15) is 4.79 Å². The van der Waals surface area contributed by atoms with Gasteiger partial charge in [-0.25, -0.2) is 4.68 Å². The van der Waals surface area contributed by atoms with Crippen molar-refractivity contribution >= 4 is 17.7 Å². The van der Waals surface area contributed by atoms with Crippen molar-refractivity contribution in [2.45, 2.75) is 42.8 Å². The van der Waals surface area contributed by atoms with E-state index < -0.39 is 0 Å². The number of amides is 1. The highest BCUT2D eigenvalue weighted by Crippen LogP contribution is 2.23. The Morgan fingerprint density at radius 2 is 2.47 bits per heavy atom. The van der Waals surface area contributed by atoms with Gasteiger partial charge in [0.2, 0.25) is 11.1 Å². The fourth-order valence-electron chi connectivity index (χ4n) is 1.30. The first kappa shape index (κ1) is 12.3. The minimum atomic E-state index is -0.196. The van der Waals surface area contributed by atoms with Crippen LogP contribution in [0.2, 0.25) is 0 Å². The topological polar surface area (TPSA) is 98.7 Å². The first-order valence-electron chi connectivity index (χ1n) is 5.64. The predicted molar refractivity (Wildman–Crippen MR) is 63.4 cm³/mol.